The number of nitrogens with zero attached hydrogens (tertiary/aromatic N) is 2. The van der Waals surface area contributed by atoms with Crippen LogP contribution in [0.2, 0.25) is 0 Å². The zero-order chi connectivity index (χ0) is 14.7. The molecule has 1 saturated heterocycles. The highest BCUT2D eigenvalue weighted by molar-refractivity contribution is 5.78. The van der Waals surface area contributed by atoms with Crippen LogP contribution in [0.15, 0.2) is 40.9 Å². The molecule has 1 N–H and O–H groups in total. The highest BCUT2D eigenvalue weighted by Gasteiger charge is 2.24. The summed E-state index contributed by atoms with van der Waals surface area (Å²) < 4.78 is 5.38. The van der Waals surface area contributed by atoms with Crippen molar-refractivity contribution in [3.8, 4) is 0 Å². The first-order chi connectivity index (χ1) is 10.2. The quantitative estimate of drug-likeness (QED) is 0.932. The molecule has 1 fully saturated rings. The van der Waals surface area contributed by atoms with Gasteiger partial charge in [0.15, 0.2) is 5.89 Å². The van der Waals surface area contributed by atoms with Crippen LogP contribution in [0.4, 0.5) is 0 Å². The highest BCUT2D eigenvalue weighted by Crippen LogP contribution is 2.17. The molecule has 2 aromatic rings. The van der Waals surface area contributed by atoms with Gasteiger partial charge >= 0.3 is 0 Å². The van der Waals surface area contributed by atoms with E-state index in [1.165, 1.54) is 5.56 Å². The van der Waals surface area contributed by atoms with E-state index >= 15 is 0 Å². The van der Waals surface area contributed by atoms with E-state index in [0.717, 1.165) is 13.1 Å². The molecular weight excluding hydrogens is 266 g/mol. The number of hydrogen-bond acceptors (Lipinski definition) is 4. The molecule has 1 aliphatic heterocycles. The smallest absolute Gasteiger partial charge is 0.230 e. The summed E-state index contributed by atoms with van der Waals surface area (Å²) in [6.45, 7) is 4.01. The number of piperazine rings is 1. The first-order valence-corrected chi connectivity index (χ1v) is 7.20. The molecule has 1 aromatic heterocycles. The first-order valence-electron chi connectivity index (χ1n) is 7.20. The summed E-state index contributed by atoms with van der Waals surface area (Å²) >= 11 is 0. The Morgan fingerprint density at radius 1 is 1.43 bits per heavy atom. The molecule has 0 aliphatic carbocycles. The van der Waals surface area contributed by atoms with Gasteiger partial charge in [0.05, 0.1) is 12.6 Å². The Morgan fingerprint density at radius 3 is 2.95 bits per heavy atom. The molecule has 0 bridgehead atoms. The lowest BCUT2D eigenvalue weighted by Gasteiger charge is -2.34. The molecule has 2 heterocycles. The van der Waals surface area contributed by atoms with E-state index < -0.39 is 0 Å². The number of nitrogens with one attached hydrogen (secondary N) is 1. The van der Waals surface area contributed by atoms with Gasteiger partial charge in [-0.15, -0.1) is 0 Å². The molecule has 5 nitrogen and oxygen atoms in total. The van der Waals surface area contributed by atoms with E-state index in [-0.39, 0.29) is 18.4 Å². The molecule has 0 spiro atoms. The minimum atomic E-state index is 0.0913. The molecule has 1 unspecified atom stereocenters. The van der Waals surface area contributed by atoms with Gasteiger partial charge in [-0.1, -0.05) is 30.3 Å². The summed E-state index contributed by atoms with van der Waals surface area (Å²) in [5.41, 5.74) is 1.21. The van der Waals surface area contributed by atoms with Gasteiger partial charge in [-0.2, -0.15) is 0 Å². The van der Waals surface area contributed by atoms with Crippen LogP contribution in [0.25, 0.3) is 0 Å². The second kappa shape index (κ2) is 6.10. The number of amides is 1. The van der Waals surface area contributed by atoms with Gasteiger partial charge in [0.25, 0.3) is 0 Å². The average Bonchev–Trinajstić information content (AvgIpc) is 2.93. The second-order valence-electron chi connectivity index (χ2n) is 5.28. The summed E-state index contributed by atoms with van der Waals surface area (Å²) in [6, 6.07) is 10.4. The Kier molecular flexibility index (Phi) is 4.01. The van der Waals surface area contributed by atoms with Gasteiger partial charge in [0, 0.05) is 32.6 Å². The lowest BCUT2D eigenvalue weighted by molar-refractivity contribution is -0.131. The Balaban J connectivity index is 1.64. The molecule has 21 heavy (non-hydrogen) atoms. The fraction of sp³-hybridized carbons (Fsp3) is 0.375. The van der Waals surface area contributed by atoms with Crippen LogP contribution < -0.4 is 5.32 Å². The average molecular weight is 285 g/mol. The lowest BCUT2D eigenvalue weighted by Crippen LogP contribution is -2.48. The van der Waals surface area contributed by atoms with Crippen LogP contribution in [0.3, 0.4) is 0 Å². The molecule has 1 atom stereocenters. The summed E-state index contributed by atoms with van der Waals surface area (Å²) in [4.78, 5) is 18.3. The van der Waals surface area contributed by atoms with Crippen LogP contribution in [-0.2, 0) is 11.2 Å². The lowest BCUT2D eigenvalue weighted by atomic mass is 10.0. The SMILES string of the molecule is Cc1ncc(CC(=O)N2CCNC(c3ccccc3)C2)o1. The summed E-state index contributed by atoms with van der Waals surface area (Å²) in [5.74, 6) is 1.32. The zero-order valence-corrected chi connectivity index (χ0v) is 12.1. The molecule has 0 saturated carbocycles. The maximum absolute atomic E-state index is 12.4. The van der Waals surface area contributed by atoms with Crippen LogP contribution in [-0.4, -0.2) is 35.4 Å². The monoisotopic (exact) mass is 285 g/mol. The fourth-order valence-corrected chi connectivity index (χ4v) is 2.63. The number of oxazole rings is 1. The highest BCUT2D eigenvalue weighted by atomic mass is 16.4. The van der Waals surface area contributed by atoms with Crippen molar-refractivity contribution in [2.45, 2.75) is 19.4 Å². The second-order valence-corrected chi connectivity index (χ2v) is 5.28. The maximum Gasteiger partial charge on any atom is 0.230 e. The predicted molar refractivity (Wildman–Crippen MR) is 78.7 cm³/mol. The van der Waals surface area contributed by atoms with E-state index in [4.69, 9.17) is 4.42 Å². The van der Waals surface area contributed by atoms with Crippen molar-refractivity contribution in [1.82, 2.24) is 15.2 Å². The first kappa shape index (κ1) is 13.8. The van der Waals surface area contributed by atoms with Gasteiger partial charge < -0.3 is 14.6 Å². The van der Waals surface area contributed by atoms with Crippen molar-refractivity contribution >= 4 is 5.91 Å². The summed E-state index contributed by atoms with van der Waals surface area (Å²) in [7, 11) is 0. The van der Waals surface area contributed by atoms with Crippen molar-refractivity contribution in [3.05, 3.63) is 53.7 Å². The minimum absolute atomic E-state index is 0.0913. The van der Waals surface area contributed by atoms with Crippen molar-refractivity contribution in [1.29, 1.82) is 0 Å². The largest absolute Gasteiger partial charge is 0.446 e. The maximum atomic E-state index is 12.4. The third-order valence-electron chi connectivity index (χ3n) is 3.72. The van der Waals surface area contributed by atoms with E-state index in [2.05, 4.69) is 22.4 Å². The third kappa shape index (κ3) is 3.31. The topological polar surface area (TPSA) is 58.4 Å². The molecule has 1 amide bonds. The number of hydrogen-bond donors (Lipinski definition) is 1. The van der Waals surface area contributed by atoms with Crippen molar-refractivity contribution in [2.24, 2.45) is 0 Å². The Hall–Kier alpha value is -2.14. The number of benzene rings is 1. The minimum Gasteiger partial charge on any atom is -0.446 e. The Morgan fingerprint density at radius 2 is 2.24 bits per heavy atom. The van der Waals surface area contributed by atoms with Crippen LogP contribution in [0.5, 0.6) is 0 Å². The molecule has 1 aliphatic rings. The van der Waals surface area contributed by atoms with Crippen molar-refractivity contribution in [2.75, 3.05) is 19.6 Å². The Bertz CT molecular complexity index is 609. The van der Waals surface area contributed by atoms with Crippen molar-refractivity contribution in [3.63, 3.8) is 0 Å². The summed E-state index contributed by atoms with van der Waals surface area (Å²) in [6.07, 6.45) is 1.91. The van der Waals surface area contributed by atoms with Gasteiger partial charge in [-0.25, -0.2) is 4.98 Å². The molecule has 3 rings (SSSR count). The molecular formula is C16H19N3O2. The van der Waals surface area contributed by atoms with E-state index in [9.17, 15) is 4.79 Å². The zero-order valence-electron chi connectivity index (χ0n) is 12.1. The van der Waals surface area contributed by atoms with Gasteiger partial charge in [-0.3, -0.25) is 4.79 Å². The predicted octanol–water partition coefficient (Wildman–Crippen LogP) is 1.70. The number of carbonyl (C=O) groups excluding carboxylic acids is 1. The molecule has 0 radical (unpaired) electrons. The summed E-state index contributed by atoms with van der Waals surface area (Å²) in [5, 5.41) is 3.46. The van der Waals surface area contributed by atoms with Crippen LogP contribution in [0, 0.1) is 6.92 Å². The Labute approximate surface area is 124 Å². The van der Waals surface area contributed by atoms with E-state index in [1.54, 1.807) is 13.1 Å². The van der Waals surface area contributed by atoms with Gasteiger partial charge in [-0.05, 0) is 5.56 Å². The van der Waals surface area contributed by atoms with Crippen LogP contribution >= 0.6 is 0 Å². The molecule has 1 aromatic carbocycles. The normalized spacial score (nSPS) is 18.7. The number of aromatic nitrogens is 1. The third-order valence-corrected chi connectivity index (χ3v) is 3.72. The molecule has 110 valence electrons. The number of carbonyl (C=O) groups is 1. The standard InChI is InChI=1S/C16H19N3O2/c1-12-18-10-14(21-12)9-16(20)19-8-7-17-15(11-19)13-5-3-2-4-6-13/h2-6,10,15,17H,7-9,11H2,1H3. The van der Waals surface area contributed by atoms with Gasteiger partial charge in [0.2, 0.25) is 5.91 Å². The molecule has 5 heteroatoms. The fourth-order valence-electron chi connectivity index (χ4n) is 2.63. The van der Waals surface area contributed by atoms with E-state index in [1.807, 2.05) is 23.1 Å². The van der Waals surface area contributed by atoms with E-state index in [0.29, 0.717) is 18.2 Å². The number of rotatable bonds is 3. The number of aryl methyl sites for hydroxylation is 1. The van der Waals surface area contributed by atoms with Crippen LogP contribution in [0.1, 0.15) is 23.3 Å². The van der Waals surface area contributed by atoms with Gasteiger partial charge in [0.1, 0.15) is 5.76 Å². The van der Waals surface area contributed by atoms with Crippen molar-refractivity contribution < 1.29 is 9.21 Å².